The molecular formula is C28H33Cl2N3O2. The van der Waals surface area contributed by atoms with E-state index < -0.39 is 5.41 Å². The van der Waals surface area contributed by atoms with Crippen LogP contribution in [0.15, 0.2) is 48.5 Å². The lowest BCUT2D eigenvalue weighted by atomic mass is 9.78. The first-order valence-corrected chi connectivity index (χ1v) is 13.5. The first-order chi connectivity index (χ1) is 16.9. The summed E-state index contributed by atoms with van der Waals surface area (Å²) >= 11 is 12.1. The van der Waals surface area contributed by atoms with Crippen LogP contribution in [0, 0.1) is 0 Å². The minimum Gasteiger partial charge on any atom is -0.352 e. The van der Waals surface area contributed by atoms with Gasteiger partial charge in [0.1, 0.15) is 0 Å². The fourth-order valence-electron chi connectivity index (χ4n) is 6.45. The second-order valence-corrected chi connectivity index (χ2v) is 11.3. The molecule has 2 aromatic carbocycles. The summed E-state index contributed by atoms with van der Waals surface area (Å²) in [5, 5.41) is 7.57. The van der Waals surface area contributed by atoms with E-state index in [9.17, 15) is 9.59 Å². The number of fused-ring (bicyclic) bond motifs is 2. The lowest BCUT2D eigenvalue weighted by Crippen LogP contribution is -2.52. The normalized spacial score (nSPS) is 25.4. The van der Waals surface area contributed by atoms with E-state index in [1.807, 2.05) is 36.4 Å². The van der Waals surface area contributed by atoms with Crippen molar-refractivity contribution in [2.24, 2.45) is 0 Å². The van der Waals surface area contributed by atoms with E-state index in [2.05, 4.69) is 27.7 Å². The Hall–Kier alpha value is -2.08. The van der Waals surface area contributed by atoms with Gasteiger partial charge in [0, 0.05) is 34.7 Å². The first-order valence-electron chi connectivity index (χ1n) is 12.8. The molecule has 2 saturated heterocycles. The summed E-state index contributed by atoms with van der Waals surface area (Å²) in [5.41, 5.74) is 1.71. The number of piperidine rings is 1. The van der Waals surface area contributed by atoms with E-state index in [1.165, 1.54) is 18.4 Å². The lowest BCUT2D eigenvalue weighted by Gasteiger charge is -2.39. The number of rotatable bonds is 7. The Balaban J connectivity index is 1.14. The molecule has 7 heteroatoms. The van der Waals surface area contributed by atoms with E-state index >= 15 is 0 Å². The summed E-state index contributed by atoms with van der Waals surface area (Å²) in [6, 6.07) is 16.8. The molecule has 0 aromatic heterocycles. The smallest absolute Gasteiger partial charge is 0.239 e. The molecule has 2 bridgehead atoms. The van der Waals surface area contributed by atoms with E-state index in [1.54, 1.807) is 0 Å². The highest BCUT2D eigenvalue weighted by Gasteiger charge is 2.43. The number of benzene rings is 2. The predicted octanol–water partition coefficient (Wildman–Crippen LogP) is 5.23. The van der Waals surface area contributed by atoms with Crippen molar-refractivity contribution < 1.29 is 9.59 Å². The van der Waals surface area contributed by atoms with Crippen molar-refractivity contribution >= 4 is 35.0 Å². The Morgan fingerprint density at radius 1 is 0.886 bits per heavy atom. The molecule has 2 amide bonds. The number of carbonyl (C=O) groups excluding carboxylic acids is 2. The molecule has 2 N–H and O–H groups in total. The standard InChI is InChI=1S/C28H33Cl2N3O2/c29-21-7-3-19(4-8-21)18-33-24-11-12-25(33)16-23(15-24)32-26(34)17-31-27(35)28(13-1-2-14-28)20-5-9-22(30)10-6-20/h3-10,23-25H,1-2,11-18H2,(H,31,35)(H,32,34)/t23-,24+,25-. The third-order valence-corrected chi connectivity index (χ3v) is 8.73. The van der Waals surface area contributed by atoms with Crippen LogP contribution in [0.3, 0.4) is 0 Å². The molecular weight excluding hydrogens is 481 g/mol. The second kappa shape index (κ2) is 10.5. The highest BCUT2D eigenvalue weighted by molar-refractivity contribution is 6.30. The van der Waals surface area contributed by atoms with Gasteiger partial charge in [-0.15, -0.1) is 0 Å². The van der Waals surface area contributed by atoms with Crippen LogP contribution in [0.5, 0.6) is 0 Å². The Labute approximate surface area is 217 Å². The van der Waals surface area contributed by atoms with Gasteiger partial charge in [0.15, 0.2) is 0 Å². The summed E-state index contributed by atoms with van der Waals surface area (Å²) in [4.78, 5) is 28.6. The van der Waals surface area contributed by atoms with Crippen molar-refractivity contribution in [3.8, 4) is 0 Å². The van der Waals surface area contributed by atoms with Gasteiger partial charge >= 0.3 is 0 Å². The third-order valence-electron chi connectivity index (χ3n) is 8.23. The quantitative estimate of drug-likeness (QED) is 0.532. The average Bonchev–Trinajstić information content (AvgIpc) is 3.43. The van der Waals surface area contributed by atoms with Crippen LogP contribution in [0.4, 0.5) is 0 Å². The molecule has 2 heterocycles. The molecule has 3 fully saturated rings. The van der Waals surface area contributed by atoms with Crippen molar-refractivity contribution in [3.63, 3.8) is 0 Å². The number of halogens is 2. The Morgan fingerprint density at radius 3 is 2.06 bits per heavy atom. The number of nitrogens with one attached hydrogen (secondary N) is 2. The molecule has 3 atom stereocenters. The van der Waals surface area contributed by atoms with E-state index in [-0.39, 0.29) is 24.4 Å². The Kier molecular flexibility index (Phi) is 7.38. The SMILES string of the molecule is O=C(CNC(=O)C1(c2ccc(Cl)cc2)CCCC1)N[C@H]1C[C@H]2CC[C@@H](C1)N2Cc1ccc(Cl)cc1. The summed E-state index contributed by atoms with van der Waals surface area (Å²) in [5.74, 6) is -0.150. The monoisotopic (exact) mass is 513 g/mol. The minimum absolute atomic E-state index is 0.0223. The zero-order valence-electron chi connectivity index (χ0n) is 19.9. The largest absolute Gasteiger partial charge is 0.352 e. The van der Waals surface area contributed by atoms with Crippen LogP contribution in [-0.2, 0) is 21.5 Å². The Morgan fingerprint density at radius 2 is 1.46 bits per heavy atom. The second-order valence-electron chi connectivity index (χ2n) is 10.4. The maximum atomic E-state index is 13.3. The predicted molar refractivity (Wildman–Crippen MR) is 140 cm³/mol. The van der Waals surface area contributed by atoms with Gasteiger partial charge in [-0.05, 0) is 73.9 Å². The van der Waals surface area contributed by atoms with Gasteiger partial charge in [-0.2, -0.15) is 0 Å². The van der Waals surface area contributed by atoms with Gasteiger partial charge in [-0.25, -0.2) is 0 Å². The molecule has 5 nitrogen and oxygen atoms in total. The number of nitrogens with zero attached hydrogens (tertiary/aromatic N) is 1. The van der Waals surface area contributed by atoms with Crippen LogP contribution in [0.1, 0.15) is 62.5 Å². The lowest BCUT2D eigenvalue weighted by molar-refractivity contribution is -0.130. The van der Waals surface area contributed by atoms with E-state index in [4.69, 9.17) is 23.2 Å². The summed E-state index contributed by atoms with van der Waals surface area (Å²) < 4.78 is 0. The van der Waals surface area contributed by atoms with Crippen LogP contribution in [0.25, 0.3) is 0 Å². The molecule has 0 unspecified atom stereocenters. The molecule has 0 radical (unpaired) electrons. The summed E-state index contributed by atoms with van der Waals surface area (Å²) in [6.07, 6.45) is 7.89. The van der Waals surface area contributed by atoms with Gasteiger partial charge in [0.05, 0.1) is 12.0 Å². The van der Waals surface area contributed by atoms with E-state index in [0.717, 1.165) is 55.7 Å². The van der Waals surface area contributed by atoms with Crippen LogP contribution < -0.4 is 10.6 Å². The number of hydrogen-bond acceptors (Lipinski definition) is 3. The first kappa shape index (κ1) is 24.6. The molecule has 3 aliphatic rings. The highest BCUT2D eigenvalue weighted by atomic mass is 35.5. The van der Waals surface area contributed by atoms with Crippen molar-refractivity contribution in [1.82, 2.24) is 15.5 Å². The van der Waals surface area contributed by atoms with Crippen LogP contribution >= 0.6 is 23.2 Å². The average molecular weight is 514 g/mol. The van der Waals surface area contributed by atoms with Crippen molar-refractivity contribution in [2.75, 3.05) is 6.54 Å². The highest BCUT2D eigenvalue weighted by Crippen LogP contribution is 2.42. The van der Waals surface area contributed by atoms with Gasteiger partial charge in [-0.1, -0.05) is 60.3 Å². The van der Waals surface area contributed by atoms with Gasteiger partial charge in [0.25, 0.3) is 0 Å². The number of hydrogen-bond donors (Lipinski definition) is 2. The zero-order chi connectivity index (χ0) is 24.4. The zero-order valence-corrected chi connectivity index (χ0v) is 21.5. The van der Waals surface area contributed by atoms with Crippen molar-refractivity contribution in [3.05, 3.63) is 69.7 Å². The fraction of sp³-hybridized carbons (Fsp3) is 0.500. The maximum absolute atomic E-state index is 13.3. The van der Waals surface area contributed by atoms with Gasteiger partial charge < -0.3 is 10.6 Å². The Bertz CT molecular complexity index is 1040. The summed E-state index contributed by atoms with van der Waals surface area (Å²) in [7, 11) is 0. The summed E-state index contributed by atoms with van der Waals surface area (Å²) in [6.45, 7) is 0.949. The molecule has 1 saturated carbocycles. The molecule has 0 spiro atoms. The van der Waals surface area contributed by atoms with Gasteiger partial charge in [0.2, 0.25) is 11.8 Å². The molecule has 35 heavy (non-hydrogen) atoms. The van der Waals surface area contributed by atoms with E-state index in [0.29, 0.717) is 17.1 Å². The van der Waals surface area contributed by atoms with Crippen LogP contribution in [-0.4, -0.2) is 41.4 Å². The maximum Gasteiger partial charge on any atom is 0.239 e. The molecule has 5 rings (SSSR count). The topological polar surface area (TPSA) is 61.4 Å². The number of amides is 2. The van der Waals surface area contributed by atoms with Crippen molar-refractivity contribution in [2.45, 2.75) is 81.5 Å². The van der Waals surface area contributed by atoms with Gasteiger partial charge in [-0.3, -0.25) is 14.5 Å². The van der Waals surface area contributed by atoms with Crippen molar-refractivity contribution in [1.29, 1.82) is 0 Å². The third kappa shape index (κ3) is 5.37. The molecule has 2 aromatic rings. The molecule has 2 aliphatic heterocycles. The number of carbonyl (C=O) groups is 2. The molecule has 1 aliphatic carbocycles. The molecule has 186 valence electrons. The fourth-order valence-corrected chi connectivity index (χ4v) is 6.71. The minimum atomic E-state index is -0.559. The van der Waals surface area contributed by atoms with Crippen LogP contribution in [0.2, 0.25) is 10.0 Å².